The van der Waals surface area contributed by atoms with Crippen LogP contribution in [0.5, 0.6) is 0 Å². The molecule has 2 heterocycles. The van der Waals surface area contributed by atoms with Crippen molar-refractivity contribution >= 4 is 22.6 Å². The fourth-order valence-corrected chi connectivity index (χ4v) is 2.09. The number of carbonyl (C=O) groups is 1. The van der Waals surface area contributed by atoms with E-state index in [1.54, 1.807) is 17.1 Å². The quantitative estimate of drug-likeness (QED) is 0.727. The molecule has 3 rings (SSSR count). The topological polar surface area (TPSA) is 99.0 Å². The smallest absolute Gasteiger partial charge is 0.226 e. The van der Waals surface area contributed by atoms with E-state index in [1.165, 1.54) is 0 Å². The lowest BCUT2D eigenvalue weighted by molar-refractivity contribution is -0.120. The van der Waals surface area contributed by atoms with Crippen molar-refractivity contribution in [2.24, 2.45) is 0 Å². The first kappa shape index (κ1) is 13.2. The average molecular weight is 285 g/mol. The number of rotatable bonds is 5. The van der Waals surface area contributed by atoms with Crippen LogP contribution in [0.3, 0.4) is 0 Å². The molecule has 21 heavy (non-hydrogen) atoms. The number of hydrogen-bond acceptors (Lipinski definition) is 5. The SMILES string of the molecule is Nc1cnn(CCNC(=O)Cc2noc3ccccc23)c1. The molecule has 0 atom stereocenters. The summed E-state index contributed by atoms with van der Waals surface area (Å²) in [7, 11) is 0. The number of nitrogen functional groups attached to an aromatic ring is 1. The van der Waals surface area contributed by atoms with Crippen LogP contribution in [0.4, 0.5) is 5.69 Å². The molecular weight excluding hydrogens is 270 g/mol. The predicted octanol–water partition coefficient (Wildman–Crippen LogP) is 0.965. The second-order valence-corrected chi connectivity index (χ2v) is 4.69. The van der Waals surface area contributed by atoms with Crippen molar-refractivity contribution in [3.8, 4) is 0 Å². The molecule has 0 saturated carbocycles. The Balaban J connectivity index is 1.54. The molecule has 7 nitrogen and oxygen atoms in total. The zero-order valence-corrected chi connectivity index (χ0v) is 11.3. The molecule has 0 spiro atoms. The highest BCUT2D eigenvalue weighted by Gasteiger charge is 2.11. The number of carbonyl (C=O) groups excluding carboxylic acids is 1. The predicted molar refractivity (Wildman–Crippen MR) is 77.4 cm³/mol. The minimum atomic E-state index is -0.103. The number of amides is 1. The van der Waals surface area contributed by atoms with Crippen molar-refractivity contribution in [1.82, 2.24) is 20.3 Å². The number of nitrogens with zero attached hydrogens (tertiary/aromatic N) is 3. The molecule has 0 aliphatic rings. The summed E-state index contributed by atoms with van der Waals surface area (Å²) in [5.41, 5.74) is 7.50. The van der Waals surface area contributed by atoms with E-state index in [-0.39, 0.29) is 12.3 Å². The summed E-state index contributed by atoms with van der Waals surface area (Å²) in [6.45, 7) is 1.05. The van der Waals surface area contributed by atoms with Gasteiger partial charge in [0.1, 0.15) is 5.69 Å². The van der Waals surface area contributed by atoms with Gasteiger partial charge in [-0.3, -0.25) is 9.48 Å². The van der Waals surface area contributed by atoms with Gasteiger partial charge in [0.15, 0.2) is 5.58 Å². The highest BCUT2D eigenvalue weighted by molar-refractivity contribution is 5.86. The van der Waals surface area contributed by atoms with Gasteiger partial charge in [-0.05, 0) is 12.1 Å². The Morgan fingerprint density at radius 2 is 2.24 bits per heavy atom. The zero-order valence-electron chi connectivity index (χ0n) is 11.3. The molecule has 7 heteroatoms. The molecule has 1 amide bonds. The lowest BCUT2D eigenvalue weighted by Crippen LogP contribution is -2.28. The summed E-state index contributed by atoms with van der Waals surface area (Å²) in [6, 6.07) is 7.48. The van der Waals surface area contributed by atoms with Crippen LogP contribution in [0, 0.1) is 0 Å². The largest absolute Gasteiger partial charge is 0.396 e. The standard InChI is InChI=1S/C14H15N5O2/c15-10-8-17-19(9-10)6-5-16-14(20)7-12-11-3-1-2-4-13(11)21-18-12/h1-4,8-9H,5-7,15H2,(H,16,20). The van der Waals surface area contributed by atoms with Crippen LogP contribution < -0.4 is 11.1 Å². The van der Waals surface area contributed by atoms with E-state index in [9.17, 15) is 4.79 Å². The molecule has 108 valence electrons. The molecule has 3 N–H and O–H groups in total. The van der Waals surface area contributed by atoms with Crippen LogP contribution in [0.25, 0.3) is 11.0 Å². The average Bonchev–Trinajstić information content (AvgIpc) is 3.06. The highest BCUT2D eigenvalue weighted by atomic mass is 16.5. The van der Waals surface area contributed by atoms with Crippen molar-refractivity contribution in [2.75, 3.05) is 12.3 Å². The van der Waals surface area contributed by atoms with E-state index in [0.29, 0.717) is 30.1 Å². The fourth-order valence-electron chi connectivity index (χ4n) is 2.09. The number of aromatic nitrogens is 3. The van der Waals surface area contributed by atoms with E-state index in [4.69, 9.17) is 10.3 Å². The molecular formula is C14H15N5O2. The Kier molecular flexibility index (Phi) is 3.55. The Labute approximate surface area is 120 Å². The lowest BCUT2D eigenvalue weighted by Gasteiger charge is -2.04. The summed E-state index contributed by atoms with van der Waals surface area (Å²) in [6.07, 6.45) is 3.49. The summed E-state index contributed by atoms with van der Waals surface area (Å²) in [5, 5.41) is 11.7. The van der Waals surface area contributed by atoms with Crippen LogP contribution in [0.2, 0.25) is 0 Å². The van der Waals surface area contributed by atoms with E-state index < -0.39 is 0 Å². The van der Waals surface area contributed by atoms with Crippen LogP contribution in [-0.2, 0) is 17.8 Å². The maximum Gasteiger partial charge on any atom is 0.226 e. The molecule has 0 radical (unpaired) electrons. The third kappa shape index (κ3) is 3.02. The molecule has 0 aliphatic carbocycles. The molecule has 1 aromatic carbocycles. The normalized spacial score (nSPS) is 10.9. The van der Waals surface area contributed by atoms with E-state index >= 15 is 0 Å². The monoisotopic (exact) mass is 285 g/mol. The lowest BCUT2D eigenvalue weighted by atomic mass is 10.1. The highest BCUT2D eigenvalue weighted by Crippen LogP contribution is 2.17. The van der Waals surface area contributed by atoms with Crippen molar-refractivity contribution in [2.45, 2.75) is 13.0 Å². The molecule has 2 aromatic heterocycles. The third-order valence-electron chi connectivity index (χ3n) is 3.10. The van der Waals surface area contributed by atoms with Crippen molar-refractivity contribution in [3.63, 3.8) is 0 Å². The number of fused-ring (bicyclic) bond motifs is 1. The van der Waals surface area contributed by atoms with Gasteiger partial charge in [-0.15, -0.1) is 0 Å². The van der Waals surface area contributed by atoms with Gasteiger partial charge in [0.25, 0.3) is 0 Å². The van der Waals surface area contributed by atoms with Crippen molar-refractivity contribution in [1.29, 1.82) is 0 Å². The van der Waals surface area contributed by atoms with E-state index in [1.807, 2.05) is 24.3 Å². The Bertz CT molecular complexity index is 761. The molecule has 0 aliphatic heterocycles. The van der Waals surface area contributed by atoms with Gasteiger partial charge in [-0.1, -0.05) is 17.3 Å². The number of anilines is 1. The molecule has 3 aromatic rings. The summed E-state index contributed by atoms with van der Waals surface area (Å²) in [4.78, 5) is 11.9. The van der Waals surface area contributed by atoms with E-state index in [2.05, 4.69) is 15.6 Å². The number of benzene rings is 1. The number of nitrogens with one attached hydrogen (secondary N) is 1. The van der Waals surface area contributed by atoms with Gasteiger partial charge in [0.2, 0.25) is 5.91 Å². The Morgan fingerprint density at radius 3 is 3.05 bits per heavy atom. The van der Waals surface area contributed by atoms with Crippen LogP contribution in [-0.4, -0.2) is 27.4 Å². The number of nitrogens with two attached hydrogens (primary N) is 1. The first-order valence-corrected chi connectivity index (χ1v) is 6.60. The summed E-state index contributed by atoms with van der Waals surface area (Å²) >= 11 is 0. The Morgan fingerprint density at radius 1 is 1.38 bits per heavy atom. The van der Waals surface area contributed by atoms with Crippen LogP contribution in [0.15, 0.2) is 41.2 Å². The molecule has 0 bridgehead atoms. The number of para-hydroxylation sites is 1. The molecule has 0 unspecified atom stereocenters. The minimum Gasteiger partial charge on any atom is -0.396 e. The second kappa shape index (κ2) is 5.66. The van der Waals surface area contributed by atoms with Crippen molar-refractivity contribution in [3.05, 3.63) is 42.4 Å². The maximum atomic E-state index is 11.9. The summed E-state index contributed by atoms with van der Waals surface area (Å²) in [5.74, 6) is -0.103. The van der Waals surface area contributed by atoms with Gasteiger partial charge in [-0.2, -0.15) is 5.10 Å². The maximum absolute atomic E-state index is 11.9. The number of hydrogen-bond donors (Lipinski definition) is 2. The minimum absolute atomic E-state index is 0.103. The van der Waals surface area contributed by atoms with Crippen LogP contribution in [0.1, 0.15) is 5.69 Å². The van der Waals surface area contributed by atoms with Crippen LogP contribution >= 0.6 is 0 Å². The van der Waals surface area contributed by atoms with Gasteiger partial charge < -0.3 is 15.6 Å². The van der Waals surface area contributed by atoms with Gasteiger partial charge in [0, 0.05) is 18.1 Å². The van der Waals surface area contributed by atoms with Gasteiger partial charge in [-0.25, -0.2) is 0 Å². The molecule has 0 fully saturated rings. The van der Waals surface area contributed by atoms with E-state index in [0.717, 1.165) is 5.39 Å². The first-order valence-electron chi connectivity index (χ1n) is 6.60. The van der Waals surface area contributed by atoms with Gasteiger partial charge in [0.05, 0.1) is 24.8 Å². The Hall–Kier alpha value is -2.83. The molecule has 0 saturated heterocycles. The first-order chi connectivity index (χ1) is 10.2. The fraction of sp³-hybridized carbons (Fsp3) is 0.214. The van der Waals surface area contributed by atoms with Gasteiger partial charge >= 0.3 is 0 Å². The second-order valence-electron chi connectivity index (χ2n) is 4.69. The van der Waals surface area contributed by atoms with Crippen molar-refractivity contribution < 1.29 is 9.32 Å². The summed E-state index contributed by atoms with van der Waals surface area (Å²) < 4.78 is 6.85. The zero-order chi connectivity index (χ0) is 14.7. The third-order valence-corrected chi connectivity index (χ3v) is 3.10.